The van der Waals surface area contributed by atoms with Crippen LogP contribution >= 0.6 is 11.3 Å². The number of esters is 1. The van der Waals surface area contributed by atoms with Crippen molar-refractivity contribution in [3.05, 3.63) is 81.6 Å². The van der Waals surface area contributed by atoms with E-state index in [1.807, 2.05) is 17.5 Å². The standard InChI is InChI=1S/C28H27NO7S/c1-16(2)36-23(30)14-17-7-10-19(11-8-17)29-25(22-6-5-13-37-22)24(27(32)28(29)33)26(31)18-9-12-20(34-3)21(15-18)35-4/h5-13,15-16,25,31H,14H2,1-4H3/b26-24-. The van der Waals surface area contributed by atoms with Crippen LogP contribution in [0.2, 0.25) is 0 Å². The number of methoxy groups -OCH3 is 2. The van der Waals surface area contributed by atoms with Crippen molar-refractivity contribution in [1.82, 2.24) is 0 Å². The Balaban J connectivity index is 1.75. The van der Waals surface area contributed by atoms with E-state index in [0.717, 1.165) is 0 Å². The summed E-state index contributed by atoms with van der Waals surface area (Å²) >= 11 is 1.37. The molecule has 0 spiro atoms. The summed E-state index contributed by atoms with van der Waals surface area (Å²) in [4.78, 5) is 40.7. The quantitative estimate of drug-likeness (QED) is 0.195. The number of ketones is 1. The van der Waals surface area contributed by atoms with Crippen LogP contribution in [0.4, 0.5) is 5.69 Å². The lowest BCUT2D eigenvalue weighted by molar-refractivity contribution is -0.146. The van der Waals surface area contributed by atoms with Gasteiger partial charge in [-0.15, -0.1) is 11.3 Å². The fraction of sp³-hybridized carbons (Fsp3) is 0.250. The predicted octanol–water partition coefficient (Wildman–Crippen LogP) is 4.89. The van der Waals surface area contributed by atoms with E-state index in [0.29, 0.717) is 33.2 Å². The first kappa shape index (κ1) is 26.0. The molecule has 1 atom stereocenters. The first-order chi connectivity index (χ1) is 17.7. The van der Waals surface area contributed by atoms with E-state index in [9.17, 15) is 19.5 Å². The molecule has 1 aliphatic heterocycles. The van der Waals surface area contributed by atoms with E-state index in [1.54, 1.807) is 56.3 Å². The molecule has 1 aliphatic rings. The molecule has 2 aromatic carbocycles. The van der Waals surface area contributed by atoms with Crippen LogP contribution < -0.4 is 14.4 Å². The molecule has 0 radical (unpaired) electrons. The summed E-state index contributed by atoms with van der Waals surface area (Å²) in [6.45, 7) is 3.56. The third-order valence-corrected chi connectivity index (χ3v) is 6.77. The van der Waals surface area contributed by atoms with Crippen LogP contribution in [0, 0.1) is 0 Å². The Morgan fingerprint density at radius 3 is 2.32 bits per heavy atom. The van der Waals surface area contributed by atoms with Crippen molar-refractivity contribution >= 4 is 40.4 Å². The summed E-state index contributed by atoms with van der Waals surface area (Å²) in [5.74, 6) is -1.38. The average Bonchev–Trinajstić information content (AvgIpc) is 3.50. The number of carbonyl (C=O) groups is 3. The minimum absolute atomic E-state index is 0.0238. The van der Waals surface area contributed by atoms with Gasteiger partial charge in [0.2, 0.25) is 0 Å². The highest BCUT2D eigenvalue weighted by Gasteiger charge is 2.47. The molecule has 9 heteroatoms. The number of Topliss-reactive ketones (excluding diaryl/α,β-unsaturated/α-hetero) is 1. The van der Waals surface area contributed by atoms with Gasteiger partial charge < -0.3 is 19.3 Å². The van der Waals surface area contributed by atoms with Gasteiger partial charge in [0.25, 0.3) is 11.7 Å². The molecule has 3 aromatic rings. The number of ether oxygens (including phenoxy) is 3. The number of nitrogens with zero attached hydrogens (tertiary/aromatic N) is 1. The number of hydrogen-bond donors (Lipinski definition) is 1. The minimum Gasteiger partial charge on any atom is -0.507 e. The molecular formula is C28H27NO7S. The molecule has 1 unspecified atom stereocenters. The zero-order valence-corrected chi connectivity index (χ0v) is 21.7. The highest BCUT2D eigenvalue weighted by molar-refractivity contribution is 7.10. The van der Waals surface area contributed by atoms with Gasteiger partial charge in [-0.2, -0.15) is 0 Å². The van der Waals surface area contributed by atoms with Crippen molar-refractivity contribution < 1.29 is 33.7 Å². The Kier molecular flexibility index (Phi) is 7.63. The fourth-order valence-electron chi connectivity index (χ4n) is 4.20. The van der Waals surface area contributed by atoms with Gasteiger partial charge in [-0.3, -0.25) is 19.3 Å². The van der Waals surface area contributed by atoms with E-state index in [1.165, 1.54) is 30.5 Å². The summed E-state index contributed by atoms with van der Waals surface area (Å²) in [5.41, 5.74) is 1.47. The molecule has 1 saturated heterocycles. The Bertz CT molecular complexity index is 1340. The number of aliphatic hydroxyl groups is 1. The maximum absolute atomic E-state index is 13.3. The molecule has 8 nitrogen and oxygen atoms in total. The molecular weight excluding hydrogens is 494 g/mol. The second-order valence-electron chi connectivity index (χ2n) is 8.64. The first-order valence-corrected chi connectivity index (χ1v) is 12.5. The monoisotopic (exact) mass is 521 g/mol. The molecule has 37 heavy (non-hydrogen) atoms. The summed E-state index contributed by atoms with van der Waals surface area (Å²) in [6, 6.07) is 14.4. The Morgan fingerprint density at radius 1 is 1.03 bits per heavy atom. The van der Waals surface area contributed by atoms with Crippen molar-refractivity contribution in [2.75, 3.05) is 19.1 Å². The molecule has 1 fully saturated rings. The van der Waals surface area contributed by atoms with Gasteiger partial charge in [0.15, 0.2) is 11.5 Å². The third kappa shape index (κ3) is 5.22. The number of hydrogen-bond acceptors (Lipinski definition) is 8. The number of amides is 1. The van der Waals surface area contributed by atoms with Crippen LogP contribution in [0.1, 0.15) is 35.9 Å². The van der Waals surface area contributed by atoms with E-state index >= 15 is 0 Å². The predicted molar refractivity (Wildman–Crippen MR) is 140 cm³/mol. The van der Waals surface area contributed by atoms with Gasteiger partial charge in [-0.1, -0.05) is 18.2 Å². The molecule has 0 aliphatic carbocycles. The van der Waals surface area contributed by atoms with Gasteiger partial charge in [0.1, 0.15) is 11.8 Å². The number of carbonyl (C=O) groups excluding carboxylic acids is 3. The lowest BCUT2D eigenvalue weighted by Crippen LogP contribution is -2.29. The van der Waals surface area contributed by atoms with Crippen LogP contribution in [-0.2, 0) is 25.5 Å². The van der Waals surface area contributed by atoms with Gasteiger partial charge >= 0.3 is 5.97 Å². The van der Waals surface area contributed by atoms with E-state index < -0.39 is 17.7 Å². The van der Waals surface area contributed by atoms with Crippen LogP contribution in [0.25, 0.3) is 5.76 Å². The van der Waals surface area contributed by atoms with Gasteiger partial charge in [-0.25, -0.2) is 0 Å². The molecule has 0 bridgehead atoms. The largest absolute Gasteiger partial charge is 0.507 e. The molecule has 1 N–H and O–H groups in total. The Labute approximate surface area is 218 Å². The fourth-order valence-corrected chi connectivity index (χ4v) is 5.02. The Morgan fingerprint density at radius 2 is 1.73 bits per heavy atom. The van der Waals surface area contributed by atoms with Crippen LogP contribution in [0.15, 0.2) is 65.6 Å². The molecule has 2 heterocycles. The van der Waals surface area contributed by atoms with Crippen LogP contribution in [-0.4, -0.2) is 43.1 Å². The minimum atomic E-state index is -0.829. The number of anilines is 1. The third-order valence-electron chi connectivity index (χ3n) is 5.84. The smallest absolute Gasteiger partial charge is 0.310 e. The molecule has 1 aromatic heterocycles. The first-order valence-electron chi connectivity index (χ1n) is 11.6. The van der Waals surface area contributed by atoms with Crippen molar-refractivity contribution in [3.8, 4) is 11.5 Å². The normalized spacial score (nSPS) is 16.8. The maximum atomic E-state index is 13.3. The van der Waals surface area contributed by atoms with Gasteiger partial charge in [-0.05, 0) is 61.2 Å². The number of rotatable bonds is 8. The SMILES string of the molecule is COc1ccc(/C(O)=C2/C(=O)C(=O)N(c3ccc(CC(=O)OC(C)C)cc3)C2c2cccs2)cc1OC. The lowest BCUT2D eigenvalue weighted by Gasteiger charge is -2.24. The van der Waals surface area contributed by atoms with Gasteiger partial charge in [0.05, 0.1) is 32.3 Å². The van der Waals surface area contributed by atoms with E-state index in [4.69, 9.17) is 14.2 Å². The van der Waals surface area contributed by atoms with Crippen LogP contribution in [0.3, 0.4) is 0 Å². The molecule has 0 saturated carbocycles. The van der Waals surface area contributed by atoms with E-state index in [-0.39, 0.29) is 29.8 Å². The molecule has 1 amide bonds. The zero-order chi connectivity index (χ0) is 26.7. The summed E-state index contributed by atoms with van der Waals surface area (Å²) in [6.07, 6.45) is -0.125. The lowest BCUT2D eigenvalue weighted by atomic mass is 9.99. The highest BCUT2D eigenvalue weighted by atomic mass is 32.1. The van der Waals surface area contributed by atoms with Crippen molar-refractivity contribution in [2.45, 2.75) is 32.4 Å². The number of thiophene rings is 1. The highest BCUT2D eigenvalue weighted by Crippen LogP contribution is 2.44. The average molecular weight is 522 g/mol. The second-order valence-corrected chi connectivity index (χ2v) is 9.62. The number of benzene rings is 2. The van der Waals surface area contributed by atoms with Crippen LogP contribution in [0.5, 0.6) is 11.5 Å². The van der Waals surface area contributed by atoms with Crippen molar-refractivity contribution in [2.24, 2.45) is 0 Å². The van der Waals surface area contributed by atoms with Crippen molar-refractivity contribution in [3.63, 3.8) is 0 Å². The summed E-state index contributed by atoms with van der Waals surface area (Å²) < 4.78 is 15.8. The van der Waals surface area contributed by atoms with Gasteiger partial charge in [0, 0.05) is 16.1 Å². The summed E-state index contributed by atoms with van der Waals surface area (Å²) in [7, 11) is 2.97. The zero-order valence-electron chi connectivity index (χ0n) is 20.9. The Hall–Kier alpha value is -4.11. The molecule has 192 valence electrons. The maximum Gasteiger partial charge on any atom is 0.310 e. The van der Waals surface area contributed by atoms with Crippen molar-refractivity contribution in [1.29, 1.82) is 0 Å². The topological polar surface area (TPSA) is 102 Å². The summed E-state index contributed by atoms with van der Waals surface area (Å²) in [5, 5.41) is 13.1. The molecule has 4 rings (SSSR count). The van der Waals surface area contributed by atoms with E-state index in [2.05, 4.69) is 0 Å². The number of aliphatic hydroxyl groups excluding tert-OH is 1. The second kappa shape index (κ2) is 10.9.